The molecule has 0 aliphatic carbocycles. The molecular formula is C19H22N4O6. The number of anilines is 1. The van der Waals surface area contributed by atoms with Crippen LogP contribution in [0.3, 0.4) is 0 Å². The molecule has 0 bridgehead atoms. The highest BCUT2D eigenvalue weighted by atomic mass is 16.5. The average Bonchev–Trinajstić information content (AvgIpc) is 3.02. The van der Waals surface area contributed by atoms with Gasteiger partial charge < -0.3 is 9.64 Å². The summed E-state index contributed by atoms with van der Waals surface area (Å²) in [4.78, 5) is 64.4. The standard InChI is InChI=1S/C19H22N4O6/c1-11(2)22-17(27)13-6-4-5-7-14(13)23-16(26)8-9-19(22,23)18(28)29-10-15(25)21-20-12(3)24/h4-7,11H,8-10H2,1-3H3,(H,20,24)(H,21,25)/t19-/m1/s1. The van der Waals surface area contributed by atoms with Crippen molar-refractivity contribution in [2.75, 3.05) is 11.5 Å². The Balaban J connectivity index is 1.96. The highest BCUT2D eigenvalue weighted by Crippen LogP contribution is 2.45. The van der Waals surface area contributed by atoms with Crippen LogP contribution in [0.1, 0.15) is 44.0 Å². The van der Waals surface area contributed by atoms with Gasteiger partial charge in [-0.1, -0.05) is 12.1 Å². The molecule has 29 heavy (non-hydrogen) atoms. The maximum Gasteiger partial charge on any atom is 0.354 e. The molecular weight excluding hydrogens is 380 g/mol. The zero-order valence-corrected chi connectivity index (χ0v) is 16.4. The number of hydrazine groups is 1. The van der Waals surface area contributed by atoms with Gasteiger partial charge in [0.05, 0.1) is 11.3 Å². The van der Waals surface area contributed by atoms with Gasteiger partial charge in [0.15, 0.2) is 6.61 Å². The normalized spacial score (nSPS) is 20.3. The Kier molecular flexibility index (Phi) is 5.27. The van der Waals surface area contributed by atoms with Crippen molar-refractivity contribution in [2.45, 2.75) is 45.3 Å². The summed E-state index contributed by atoms with van der Waals surface area (Å²) in [5.74, 6) is -2.81. The molecule has 2 N–H and O–H groups in total. The van der Waals surface area contributed by atoms with Crippen LogP contribution in [0.2, 0.25) is 0 Å². The highest BCUT2D eigenvalue weighted by Gasteiger charge is 2.62. The Bertz CT molecular complexity index is 898. The van der Waals surface area contributed by atoms with Gasteiger partial charge in [-0.3, -0.25) is 34.9 Å². The van der Waals surface area contributed by atoms with E-state index in [1.54, 1.807) is 38.1 Å². The zero-order valence-electron chi connectivity index (χ0n) is 16.4. The van der Waals surface area contributed by atoms with Crippen molar-refractivity contribution >= 4 is 35.3 Å². The van der Waals surface area contributed by atoms with Gasteiger partial charge in [-0.15, -0.1) is 0 Å². The lowest BCUT2D eigenvalue weighted by atomic mass is 9.95. The minimum atomic E-state index is -1.66. The van der Waals surface area contributed by atoms with Crippen LogP contribution >= 0.6 is 0 Å². The molecule has 1 aromatic carbocycles. The lowest BCUT2D eigenvalue weighted by Gasteiger charge is -2.50. The van der Waals surface area contributed by atoms with Gasteiger partial charge in [0.1, 0.15) is 0 Å². The van der Waals surface area contributed by atoms with Gasteiger partial charge in [-0.2, -0.15) is 0 Å². The van der Waals surface area contributed by atoms with Crippen molar-refractivity contribution in [2.24, 2.45) is 0 Å². The van der Waals surface area contributed by atoms with E-state index < -0.39 is 36.1 Å². The Morgan fingerprint density at radius 3 is 2.52 bits per heavy atom. The molecule has 10 nitrogen and oxygen atoms in total. The predicted molar refractivity (Wildman–Crippen MR) is 100 cm³/mol. The second kappa shape index (κ2) is 7.53. The van der Waals surface area contributed by atoms with Crippen molar-refractivity contribution in [3.63, 3.8) is 0 Å². The summed E-state index contributed by atoms with van der Waals surface area (Å²) >= 11 is 0. The van der Waals surface area contributed by atoms with Crippen molar-refractivity contribution in [1.29, 1.82) is 0 Å². The Hall–Kier alpha value is -3.43. The molecule has 0 unspecified atom stereocenters. The number of hydrogen-bond donors (Lipinski definition) is 2. The van der Waals surface area contributed by atoms with Crippen LogP contribution in [0.5, 0.6) is 0 Å². The molecule has 2 heterocycles. The number of amides is 4. The lowest BCUT2D eigenvalue weighted by molar-refractivity contribution is -0.161. The summed E-state index contributed by atoms with van der Waals surface area (Å²) in [7, 11) is 0. The minimum absolute atomic E-state index is 0.0518. The van der Waals surface area contributed by atoms with Crippen molar-refractivity contribution in [3.05, 3.63) is 29.8 Å². The molecule has 1 fully saturated rings. The molecule has 4 amide bonds. The number of carbonyl (C=O) groups excluding carboxylic acids is 5. The van der Waals surface area contributed by atoms with E-state index in [0.29, 0.717) is 11.3 Å². The molecule has 10 heteroatoms. The van der Waals surface area contributed by atoms with Gasteiger partial charge in [0.25, 0.3) is 11.8 Å². The first kappa shape index (κ1) is 20.3. The maximum atomic E-state index is 13.2. The second-order valence-corrected chi connectivity index (χ2v) is 7.14. The lowest BCUT2D eigenvalue weighted by Crippen LogP contribution is -2.70. The van der Waals surface area contributed by atoms with Crippen LogP contribution in [0, 0.1) is 0 Å². The van der Waals surface area contributed by atoms with E-state index in [9.17, 15) is 24.0 Å². The summed E-state index contributed by atoms with van der Waals surface area (Å²) in [6.07, 6.45) is 0.105. The molecule has 1 saturated heterocycles. The van der Waals surface area contributed by atoms with Gasteiger partial charge in [-0.05, 0) is 26.0 Å². The van der Waals surface area contributed by atoms with Crippen LogP contribution in [-0.2, 0) is 23.9 Å². The Morgan fingerprint density at radius 2 is 1.86 bits per heavy atom. The molecule has 0 radical (unpaired) electrons. The number of carbonyl (C=O) groups is 5. The van der Waals surface area contributed by atoms with Crippen molar-refractivity contribution < 1.29 is 28.7 Å². The number of benzene rings is 1. The van der Waals surface area contributed by atoms with Gasteiger partial charge in [-0.25, -0.2) is 4.79 Å². The largest absolute Gasteiger partial charge is 0.452 e. The molecule has 3 rings (SSSR count). The zero-order chi connectivity index (χ0) is 21.3. The van der Waals surface area contributed by atoms with Crippen molar-refractivity contribution in [3.8, 4) is 0 Å². The fourth-order valence-corrected chi connectivity index (χ4v) is 3.81. The van der Waals surface area contributed by atoms with E-state index in [0.717, 1.165) is 0 Å². The van der Waals surface area contributed by atoms with E-state index in [4.69, 9.17) is 4.74 Å². The van der Waals surface area contributed by atoms with Gasteiger partial charge >= 0.3 is 5.97 Å². The monoisotopic (exact) mass is 402 g/mol. The number of ether oxygens (including phenoxy) is 1. The number of para-hydroxylation sites is 1. The average molecular weight is 402 g/mol. The van der Waals surface area contributed by atoms with Crippen LogP contribution < -0.4 is 15.8 Å². The fraction of sp³-hybridized carbons (Fsp3) is 0.421. The first-order valence-corrected chi connectivity index (χ1v) is 9.18. The Morgan fingerprint density at radius 1 is 1.17 bits per heavy atom. The first-order valence-electron chi connectivity index (χ1n) is 9.18. The third-order valence-electron chi connectivity index (χ3n) is 4.86. The number of fused-ring (bicyclic) bond motifs is 3. The summed E-state index contributed by atoms with van der Waals surface area (Å²) in [5.41, 5.74) is 3.18. The molecule has 1 aromatic rings. The number of hydrogen-bond acceptors (Lipinski definition) is 6. The SMILES string of the molecule is CC(=O)NNC(=O)COC(=O)[C@@]12CCC(=O)N1c1ccccc1C(=O)N2C(C)C. The summed E-state index contributed by atoms with van der Waals surface area (Å²) in [6, 6.07) is 6.17. The van der Waals surface area contributed by atoms with Gasteiger partial charge in [0.2, 0.25) is 17.5 Å². The van der Waals surface area contributed by atoms with E-state index in [2.05, 4.69) is 10.9 Å². The highest BCUT2D eigenvalue weighted by molar-refractivity contribution is 6.15. The second-order valence-electron chi connectivity index (χ2n) is 7.14. The van der Waals surface area contributed by atoms with E-state index in [1.807, 2.05) is 0 Å². The number of nitrogens with one attached hydrogen (secondary N) is 2. The van der Waals surface area contributed by atoms with Crippen LogP contribution in [0.4, 0.5) is 5.69 Å². The predicted octanol–water partition coefficient (Wildman–Crippen LogP) is 0.0844. The summed E-state index contributed by atoms with van der Waals surface area (Å²) in [5, 5.41) is 0. The fourth-order valence-electron chi connectivity index (χ4n) is 3.81. The molecule has 154 valence electrons. The number of rotatable bonds is 4. The van der Waals surface area contributed by atoms with E-state index >= 15 is 0 Å². The Labute approximate surface area is 167 Å². The number of nitrogens with zero attached hydrogens (tertiary/aromatic N) is 2. The topological polar surface area (TPSA) is 125 Å². The molecule has 2 aliphatic rings. The molecule has 2 aliphatic heterocycles. The number of esters is 1. The molecule has 0 aromatic heterocycles. The minimum Gasteiger partial charge on any atom is -0.452 e. The summed E-state index contributed by atoms with van der Waals surface area (Å²) < 4.78 is 5.18. The quantitative estimate of drug-likeness (QED) is 0.543. The van der Waals surface area contributed by atoms with Crippen LogP contribution in [0.15, 0.2) is 24.3 Å². The van der Waals surface area contributed by atoms with Crippen LogP contribution in [-0.4, -0.2) is 52.8 Å². The van der Waals surface area contributed by atoms with E-state index in [-0.39, 0.29) is 24.7 Å². The molecule has 1 atom stereocenters. The van der Waals surface area contributed by atoms with Crippen LogP contribution in [0.25, 0.3) is 0 Å². The molecule has 0 spiro atoms. The first-order chi connectivity index (χ1) is 13.7. The van der Waals surface area contributed by atoms with Gasteiger partial charge in [0, 0.05) is 25.8 Å². The third-order valence-corrected chi connectivity index (χ3v) is 4.86. The molecule has 0 saturated carbocycles. The van der Waals surface area contributed by atoms with E-state index in [1.165, 1.54) is 16.7 Å². The van der Waals surface area contributed by atoms with Crippen molar-refractivity contribution in [1.82, 2.24) is 15.8 Å². The smallest absolute Gasteiger partial charge is 0.354 e. The summed E-state index contributed by atoms with van der Waals surface area (Å²) in [6.45, 7) is 4.01. The third kappa shape index (κ3) is 3.30. The maximum absolute atomic E-state index is 13.2.